The number of ether oxygens (including phenoxy) is 1. The standard InChI is InChI=1S/C19H19NO3S/c1-3-4-16(21)14-9-10-15-17(11-14)24-18(20-15)12-5-7-13(8-6-12)19(22)23-2/h5-11,16,21H,3-4H2,1-2H3. The molecule has 0 fully saturated rings. The lowest BCUT2D eigenvalue weighted by molar-refractivity contribution is 0.0600. The number of carbonyl (C=O) groups excluding carboxylic acids is 1. The van der Waals surface area contributed by atoms with E-state index in [9.17, 15) is 9.90 Å². The van der Waals surface area contributed by atoms with Crippen molar-refractivity contribution in [2.75, 3.05) is 7.11 Å². The fourth-order valence-electron chi connectivity index (χ4n) is 2.58. The third kappa shape index (κ3) is 3.32. The predicted molar refractivity (Wildman–Crippen MR) is 96.3 cm³/mol. The van der Waals surface area contributed by atoms with E-state index >= 15 is 0 Å². The Bertz CT molecular complexity index is 855. The number of benzene rings is 2. The summed E-state index contributed by atoms with van der Waals surface area (Å²) in [6.07, 6.45) is 1.27. The molecule has 0 aliphatic carbocycles. The highest BCUT2D eigenvalue weighted by Crippen LogP contribution is 2.32. The van der Waals surface area contributed by atoms with E-state index < -0.39 is 6.10 Å². The van der Waals surface area contributed by atoms with Crippen LogP contribution in [-0.2, 0) is 4.74 Å². The molecule has 4 nitrogen and oxygen atoms in total. The molecule has 0 saturated carbocycles. The second-order valence-corrected chi connectivity index (χ2v) is 6.65. The topological polar surface area (TPSA) is 59.4 Å². The van der Waals surface area contributed by atoms with Crippen LogP contribution in [0.5, 0.6) is 0 Å². The van der Waals surface area contributed by atoms with E-state index in [1.165, 1.54) is 7.11 Å². The summed E-state index contributed by atoms with van der Waals surface area (Å²) in [7, 11) is 1.37. The van der Waals surface area contributed by atoms with E-state index in [2.05, 4.69) is 11.9 Å². The number of fused-ring (bicyclic) bond motifs is 1. The van der Waals surface area contributed by atoms with Crippen LogP contribution in [0.25, 0.3) is 20.8 Å². The van der Waals surface area contributed by atoms with Crippen LogP contribution >= 0.6 is 11.3 Å². The Morgan fingerprint density at radius 2 is 2.00 bits per heavy atom. The number of aromatic nitrogens is 1. The summed E-state index contributed by atoms with van der Waals surface area (Å²) in [4.78, 5) is 16.1. The summed E-state index contributed by atoms with van der Waals surface area (Å²) in [6.45, 7) is 2.06. The number of hydrogen-bond donors (Lipinski definition) is 1. The zero-order valence-electron chi connectivity index (χ0n) is 13.7. The van der Waals surface area contributed by atoms with Gasteiger partial charge < -0.3 is 9.84 Å². The molecule has 0 bridgehead atoms. The number of hydrogen-bond acceptors (Lipinski definition) is 5. The minimum absolute atomic E-state index is 0.347. The van der Waals surface area contributed by atoms with Gasteiger partial charge in [0.25, 0.3) is 0 Å². The minimum Gasteiger partial charge on any atom is -0.465 e. The van der Waals surface area contributed by atoms with E-state index in [0.717, 1.165) is 39.2 Å². The van der Waals surface area contributed by atoms with Crippen molar-refractivity contribution in [1.82, 2.24) is 4.98 Å². The monoisotopic (exact) mass is 341 g/mol. The lowest BCUT2D eigenvalue weighted by Crippen LogP contribution is -2.00. The predicted octanol–water partition coefficient (Wildman–Crippen LogP) is 4.58. The van der Waals surface area contributed by atoms with Crippen molar-refractivity contribution in [3.63, 3.8) is 0 Å². The highest BCUT2D eigenvalue weighted by atomic mass is 32.1. The molecule has 1 aromatic heterocycles. The van der Waals surface area contributed by atoms with Crippen LogP contribution in [0.3, 0.4) is 0 Å². The van der Waals surface area contributed by atoms with Gasteiger partial charge in [-0.3, -0.25) is 0 Å². The Balaban J connectivity index is 1.91. The molecule has 0 aliphatic rings. The van der Waals surface area contributed by atoms with Crippen LogP contribution in [0.15, 0.2) is 42.5 Å². The summed E-state index contributed by atoms with van der Waals surface area (Å²) in [5.41, 5.74) is 3.33. The quantitative estimate of drug-likeness (QED) is 0.690. The zero-order chi connectivity index (χ0) is 17.1. The number of methoxy groups -OCH3 is 1. The first-order chi connectivity index (χ1) is 11.6. The molecule has 0 saturated heterocycles. The zero-order valence-corrected chi connectivity index (χ0v) is 14.5. The van der Waals surface area contributed by atoms with Crippen molar-refractivity contribution >= 4 is 27.5 Å². The molecule has 0 amide bonds. The van der Waals surface area contributed by atoms with Crippen molar-refractivity contribution < 1.29 is 14.6 Å². The molecule has 0 aliphatic heterocycles. The molecule has 1 atom stereocenters. The number of rotatable bonds is 5. The first-order valence-electron chi connectivity index (χ1n) is 7.89. The van der Waals surface area contributed by atoms with Crippen LogP contribution in [0.1, 0.15) is 41.8 Å². The molecule has 0 spiro atoms. The smallest absolute Gasteiger partial charge is 0.337 e. The van der Waals surface area contributed by atoms with Gasteiger partial charge in [0.15, 0.2) is 0 Å². The summed E-state index contributed by atoms with van der Waals surface area (Å²) in [5.74, 6) is -0.347. The van der Waals surface area contributed by atoms with Gasteiger partial charge in [-0.2, -0.15) is 0 Å². The molecule has 3 aromatic rings. The average molecular weight is 341 g/mol. The highest BCUT2D eigenvalue weighted by Gasteiger charge is 2.12. The van der Waals surface area contributed by atoms with Gasteiger partial charge in [-0.05, 0) is 36.2 Å². The van der Waals surface area contributed by atoms with Gasteiger partial charge in [-0.25, -0.2) is 9.78 Å². The van der Waals surface area contributed by atoms with Gasteiger partial charge in [-0.15, -0.1) is 11.3 Å². The van der Waals surface area contributed by atoms with Gasteiger partial charge in [-0.1, -0.05) is 31.5 Å². The lowest BCUT2D eigenvalue weighted by atomic mass is 10.1. The average Bonchev–Trinajstić information content (AvgIpc) is 3.04. The third-order valence-corrected chi connectivity index (χ3v) is 4.98. The molecule has 3 rings (SSSR count). The van der Waals surface area contributed by atoms with Crippen LogP contribution in [0, 0.1) is 0 Å². The maximum atomic E-state index is 11.5. The van der Waals surface area contributed by atoms with E-state index in [4.69, 9.17) is 4.74 Å². The molecule has 1 unspecified atom stereocenters. The van der Waals surface area contributed by atoms with Crippen LogP contribution < -0.4 is 0 Å². The van der Waals surface area contributed by atoms with Gasteiger partial charge in [0.1, 0.15) is 5.01 Å². The fraction of sp³-hybridized carbons (Fsp3) is 0.263. The first-order valence-corrected chi connectivity index (χ1v) is 8.71. The summed E-state index contributed by atoms with van der Waals surface area (Å²) in [6, 6.07) is 13.1. The SMILES string of the molecule is CCCC(O)c1ccc2nc(-c3ccc(C(=O)OC)cc3)sc2c1. The lowest BCUT2D eigenvalue weighted by Gasteiger charge is -2.08. The van der Waals surface area contributed by atoms with Gasteiger partial charge in [0, 0.05) is 5.56 Å². The van der Waals surface area contributed by atoms with Crippen LogP contribution in [-0.4, -0.2) is 23.2 Å². The normalized spacial score (nSPS) is 12.3. The highest BCUT2D eigenvalue weighted by molar-refractivity contribution is 7.21. The van der Waals surface area contributed by atoms with E-state index in [1.807, 2.05) is 30.3 Å². The summed E-state index contributed by atoms with van der Waals surface area (Å²) < 4.78 is 5.76. The van der Waals surface area contributed by atoms with Gasteiger partial charge in [0.2, 0.25) is 0 Å². The maximum Gasteiger partial charge on any atom is 0.337 e. The molecule has 1 N–H and O–H groups in total. The number of carbonyl (C=O) groups is 1. The Hall–Kier alpha value is -2.24. The van der Waals surface area contributed by atoms with E-state index in [-0.39, 0.29) is 5.97 Å². The molecular weight excluding hydrogens is 322 g/mol. The second-order valence-electron chi connectivity index (χ2n) is 5.62. The maximum absolute atomic E-state index is 11.5. The molecule has 1 heterocycles. The Morgan fingerprint density at radius 1 is 1.25 bits per heavy atom. The van der Waals surface area contributed by atoms with Crippen molar-refractivity contribution in [1.29, 1.82) is 0 Å². The van der Waals surface area contributed by atoms with Crippen LogP contribution in [0.2, 0.25) is 0 Å². The molecule has 0 radical (unpaired) electrons. The molecule has 124 valence electrons. The Kier molecular flexibility index (Phi) is 4.92. The largest absolute Gasteiger partial charge is 0.465 e. The molecule has 2 aromatic carbocycles. The number of thiazole rings is 1. The number of aliphatic hydroxyl groups excluding tert-OH is 1. The molecular formula is C19H19NO3S. The van der Waals surface area contributed by atoms with Crippen molar-refractivity contribution in [3.8, 4) is 10.6 Å². The van der Waals surface area contributed by atoms with E-state index in [1.54, 1.807) is 23.5 Å². The molecule has 5 heteroatoms. The van der Waals surface area contributed by atoms with Crippen molar-refractivity contribution in [3.05, 3.63) is 53.6 Å². The second kappa shape index (κ2) is 7.11. The van der Waals surface area contributed by atoms with Gasteiger partial charge in [0.05, 0.1) is 29.0 Å². The third-order valence-electron chi connectivity index (χ3n) is 3.91. The number of esters is 1. The Morgan fingerprint density at radius 3 is 2.67 bits per heavy atom. The number of aliphatic hydroxyl groups is 1. The minimum atomic E-state index is -0.427. The van der Waals surface area contributed by atoms with E-state index in [0.29, 0.717) is 5.56 Å². The number of nitrogens with zero attached hydrogens (tertiary/aromatic N) is 1. The Labute approximate surface area is 144 Å². The van der Waals surface area contributed by atoms with Gasteiger partial charge >= 0.3 is 5.97 Å². The summed E-state index contributed by atoms with van der Waals surface area (Å²) in [5, 5.41) is 11.0. The summed E-state index contributed by atoms with van der Waals surface area (Å²) >= 11 is 1.58. The van der Waals surface area contributed by atoms with Crippen molar-refractivity contribution in [2.45, 2.75) is 25.9 Å². The van der Waals surface area contributed by atoms with Crippen LogP contribution in [0.4, 0.5) is 0 Å². The molecule has 24 heavy (non-hydrogen) atoms. The van der Waals surface area contributed by atoms with Crippen molar-refractivity contribution in [2.24, 2.45) is 0 Å². The fourth-order valence-corrected chi connectivity index (χ4v) is 3.60. The first kappa shape index (κ1) is 16.6.